The van der Waals surface area contributed by atoms with E-state index in [4.69, 9.17) is 5.11 Å². The van der Waals surface area contributed by atoms with E-state index in [-0.39, 0.29) is 12.3 Å². The fourth-order valence-corrected chi connectivity index (χ4v) is 1.56. The summed E-state index contributed by atoms with van der Waals surface area (Å²) < 4.78 is 0. The van der Waals surface area contributed by atoms with Crippen LogP contribution in [0.1, 0.15) is 33.6 Å². The van der Waals surface area contributed by atoms with Gasteiger partial charge in [0.2, 0.25) is 0 Å². The smallest absolute Gasteiger partial charge is 0.303 e. The lowest BCUT2D eigenvalue weighted by atomic mass is 9.91. The Bertz CT molecular complexity index is 157. The molecule has 0 aromatic heterocycles. The van der Waals surface area contributed by atoms with E-state index in [2.05, 4.69) is 19.2 Å². The first-order valence-electron chi connectivity index (χ1n) is 4.86. The maximum atomic E-state index is 10.5. The van der Waals surface area contributed by atoms with Crippen LogP contribution >= 0.6 is 0 Å². The lowest BCUT2D eigenvalue weighted by Gasteiger charge is -2.23. The maximum absolute atomic E-state index is 10.5. The van der Waals surface area contributed by atoms with E-state index in [0.717, 1.165) is 6.42 Å². The molecule has 2 atom stereocenters. The van der Waals surface area contributed by atoms with Crippen molar-refractivity contribution in [3.63, 3.8) is 0 Å². The Kier molecular flexibility index (Phi) is 5.71. The van der Waals surface area contributed by atoms with Crippen molar-refractivity contribution < 1.29 is 9.90 Å². The molecular formula is C10H21NO2. The number of carboxylic acids is 1. The van der Waals surface area contributed by atoms with Crippen molar-refractivity contribution in [1.82, 2.24) is 5.32 Å². The fourth-order valence-electron chi connectivity index (χ4n) is 1.56. The average molecular weight is 187 g/mol. The molecule has 0 aromatic rings. The van der Waals surface area contributed by atoms with E-state index in [9.17, 15) is 4.79 Å². The Hall–Kier alpha value is -0.570. The molecule has 0 radical (unpaired) electrons. The average Bonchev–Trinajstić information content (AvgIpc) is 1.98. The van der Waals surface area contributed by atoms with Crippen molar-refractivity contribution in [2.75, 3.05) is 7.05 Å². The predicted molar refractivity (Wildman–Crippen MR) is 53.7 cm³/mol. The van der Waals surface area contributed by atoms with Gasteiger partial charge in [-0.3, -0.25) is 4.79 Å². The number of rotatable bonds is 6. The molecule has 0 heterocycles. The minimum absolute atomic E-state index is 0.199. The summed E-state index contributed by atoms with van der Waals surface area (Å²) in [6.07, 6.45) is 1.28. The van der Waals surface area contributed by atoms with Crippen LogP contribution in [0, 0.1) is 11.8 Å². The zero-order valence-corrected chi connectivity index (χ0v) is 9.00. The van der Waals surface area contributed by atoms with Crippen molar-refractivity contribution in [2.24, 2.45) is 11.8 Å². The van der Waals surface area contributed by atoms with Crippen LogP contribution in [0.2, 0.25) is 0 Å². The van der Waals surface area contributed by atoms with Crippen LogP contribution in [-0.4, -0.2) is 24.2 Å². The summed E-state index contributed by atoms with van der Waals surface area (Å²) in [4.78, 5) is 10.5. The summed E-state index contributed by atoms with van der Waals surface area (Å²) in [6.45, 7) is 6.29. The van der Waals surface area contributed by atoms with Crippen LogP contribution in [0.25, 0.3) is 0 Å². The van der Waals surface area contributed by atoms with E-state index in [1.165, 1.54) is 0 Å². The minimum atomic E-state index is -0.712. The number of hydrogen-bond donors (Lipinski definition) is 2. The Morgan fingerprint density at radius 2 is 1.92 bits per heavy atom. The number of carbonyl (C=O) groups is 1. The largest absolute Gasteiger partial charge is 0.481 e. The Morgan fingerprint density at radius 3 is 2.23 bits per heavy atom. The predicted octanol–water partition coefficient (Wildman–Crippen LogP) is 1.73. The van der Waals surface area contributed by atoms with Crippen molar-refractivity contribution in [3.05, 3.63) is 0 Å². The molecule has 0 aliphatic carbocycles. The van der Waals surface area contributed by atoms with Crippen LogP contribution in [-0.2, 0) is 4.79 Å². The van der Waals surface area contributed by atoms with Gasteiger partial charge in [-0.05, 0) is 25.3 Å². The van der Waals surface area contributed by atoms with E-state index in [0.29, 0.717) is 12.0 Å². The highest BCUT2D eigenvalue weighted by atomic mass is 16.4. The van der Waals surface area contributed by atoms with Crippen molar-refractivity contribution >= 4 is 5.97 Å². The van der Waals surface area contributed by atoms with Crippen LogP contribution in [0.15, 0.2) is 0 Å². The van der Waals surface area contributed by atoms with E-state index in [1.807, 2.05) is 14.0 Å². The molecule has 0 rings (SSSR count). The first kappa shape index (κ1) is 12.4. The van der Waals surface area contributed by atoms with Gasteiger partial charge in [0, 0.05) is 12.5 Å². The van der Waals surface area contributed by atoms with Gasteiger partial charge in [-0.2, -0.15) is 0 Å². The number of carboxylic acid groups (broad SMARTS) is 1. The third-order valence-electron chi connectivity index (χ3n) is 2.28. The monoisotopic (exact) mass is 187 g/mol. The van der Waals surface area contributed by atoms with Crippen molar-refractivity contribution in [2.45, 2.75) is 39.7 Å². The summed E-state index contributed by atoms with van der Waals surface area (Å²) in [6, 6.07) is 0.316. The molecule has 78 valence electrons. The van der Waals surface area contributed by atoms with E-state index >= 15 is 0 Å². The second kappa shape index (κ2) is 5.97. The molecule has 2 N–H and O–H groups in total. The molecule has 0 aromatic carbocycles. The Morgan fingerprint density at radius 1 is 1.38 bits per heavy atom. The molecule has 13 heavy (non-hydrogen) atoms. The maximum Gasteiger partial charge on any atom is 0.303 e. The number of aliphatic carboxylic acids is 1. The molecule has 0 amide bonds. The lowest BCUT2D eigenvalue weighted by Crippen LogP contribution is -2.34. The van der Waals surface area contributed by atoms with Crippen LogP contribution in [0.3, 0.4) is 0 Å². The summed E-state index contributed by atoms with van der Waals surface area (Å²) in [5.41, 5.74) is 0. The molecule has 0 saturated heterocycles. The second-order valence-electron chi connectivity index (χ2n) is 4.10. The third-order valence-corrected chi connectivity index (χ3v) is 2.28. The number of nitrogens with one attached hydrogen (secondary N) is 1. The summed E-state index contributed by atoms with van der Waals surface area (Å²) >= 11 is 0. The summed E-state index contributed by atoms with van der Waals surface area (Å²) in [5.74, 6) is 0.0927. The standard InChI is InChI=1S/C10H21NO2/c1-7(2)5-9(11-4)8(3)6-10(12)13/h7-9,11H,5-6H2,1-4H3,(H,12,13). The molecule has 2 unspecified atom stereocenters. The van der Waals surface area contributed by atoms with Gasteiger partial charge in [-0.25, -0.2) is 0 Å². The van der Waals surface area contributed by atoms with Crippen molar-refractivity contribution in [1.29, 1.82) is 0 Å². The molecule has 0 fully saturated rings. The molecular weight excluding hydrogens is 166 g/mol. The fraction of sp³-hybridized carbons (Fsp3) is 0.900. The summed E-state index contributed by atoms with van der Waals surface area (Å²) in [5, 5.41) is 11.8. The Balaban J connectivity index is 3.98. The first-order valence-corrected chi connectivity index (χ1v) is 4.86. The SMILES string of the molecule is CNC(CC(C)C)C(C)CC(=O)O. The highest BCUT2D eigenvalue weighted by Crippen LogP contribution is 2.15. The molecule has 0 saturated carbocycles. The zero-order chi connectivity index (χ0) is 10.4. The van der Waals surface area contributed by atoms with Gasteiger partial charge in [0.15, 0.2) is 0 Å². The summed E-state index contributed by atoms with van der Waals surface area (Å²) in [7, 11) is 1.89. The van der Waals surface area contributed by atoms with Gasteiger partial charge < -0.3 is 10.4 Å². The molecule has 3 nitrogen and oxygen atoms in total. The quantitative estimate of drug-likeness (QED) is 0.665. The Labute approximate surface area is 80.5 Å². The van der Waals surface area contributed by atoms with Crippen molar-refractivity contribution in [3.8, 4) is 0 Å². The molecule has 0 spiro atoms. The zero-order valence-electron chi connectivity index (χ0n) is 9.00. The van der Waals surface area contributed by atoms with Crippen LogP contribution < -0.4 is 5.32 Å². The highest BCUT2D eigenvalue weighted by Gasteiger charge is 2.18. The molecule has 0 aliphatic heterocycles. The van der Waals surface area contributed by atoms with E-state index < -0.39 is 5.97 Å². The second-order valence-corrected chi connectivity index (χ2v) is 4.10. The molecule has 3 heteroatoms. The van der Waals surface area contributed by atoms with Gasteiger partial charge >= 0.3 is 5.97 Å². The van der Waals surface area contributed by atoms with E-state index in [1.54, 1.807) is 0 Å². The normalized spacial score (nSPS) is 15.8. The molecule has 0 aliphatic rings. The van der Waals surface area contributed by atoms with Gasteiger partial charge in [-0.15, -0.1) is 0 Å². The van der Waals surface area contributed by atoms with Gasteiger partial charge in [-0.1, -0.05) is 20.8 Å². The van der Waals surface area contributed by atoms with Gasteiger partial charge in [0.25, 0.3) is 0 Å². The van der Waals surface area contributed by atoms with Crippen LogP contribution in [0.4, 0.5) is 0 Å². The lowest BCUT2D eigenvalue weighted by molar-refractivity contribution is -0.138. The molecule has 0 bridgehead atoms. The van der Waals surface area contributed by atoms with Gasteiger partial charge in [0.05, 0.1) is 0 Å². The van der Waals surface area contributed by atoms with Gasteiger partial charge in [0.1, 0.15) is 0 Å². The third kappa shape index (κ3) is 5.64. The highest BCUT2D eigenvalue weighted by molar-refractivity contribution is 5.67. The first-order chi connectivity index (χ1) is 5.97. The number of hydrogen-bond acceptors (Lipinski definition) is 2. The topological polar surface area (TPSA) is 49.3 Å². The minimum Gasteiger partial charge on any atom is -0.481 e. The van der Waals surface area contributed by atoms with Crippen LogP contribution in [0.5, 0.6) is 0 Å².